The summed E-state index contributed by atoms with van der Waals surface area (Å²) in [6.07, 6.45) is 6.30. The van der Waals surface area contributed by atoms with Crippen molar-refractivity contribution in [3.05, 3.63) is 64.1 Å². The third kappa shape index (κ3) is 7.80. The van der Waals surface area contributed by atoms with Gasteiger partial charge in [0.1, 0.15) is 12.6 Å². The smallest absolute Gasteiger partial charge is 0.244 e. The lowest BCUT2D eigenvalue weighted by Gasteiger charge is -2.33. The molecule has 2 aromatic carbocycles. The Labute approximate surface area is 217 Å². The highest BCUT2D eigenvalue weighted by atomic mass is 79.9. The summed E-state index contributed by atoms with van der Waals surface area (Å²) in [6.45, 7) is 3.49. The van der Waals surface area contributed by atoms with Crippen LogP contribution >= 0.6 is 15.9 Å². The van der Waals surface area contributed by atoms with Gasteiger partial charge in [-0.25, -0.2) is 8.42 Å². The molecule has 2 aromatic rings. The molecular formula is C26H34BrN3O4S. The molecule has 0 heterocycles. The number of benzene rings is 2. The number of carbonyl (C=O) groups is 2. The Morgan fingerprint density at radius 2 is 1.63 bits per heavy atom. The first-order chi connectivity index (χ1) is 16.5. The van der Waals surface area contributed by atoms with Crippen LogP contribution in [0.2, 0.25) is 0 Å². The Morgan fingerprint density at radius 1 is 1.03 bits per heavy atom. The summed E-state index contributed by atoms with van der Waals surface area (Å²) in [5, 5.41) is 3.10. The molecular weight excluding hydrogens is 530 g/mol. The zero-order chi connectivity index (χ0) is 25.6. The first-order valence-electron chi connectivity index (χ1n) is 11.9. The van der Waals surface area contributed by atoms with E-state index in [0.29, 0.717) is 5.69 Å². The zero-order valence-corrected chi connectivity index (χ0v) is 22.9. The first kappa shape index (κ1) is 27.2. The maximum Gasteiger partial charge on any atom is 0.244 e. The molecule has 190 valence electrons. The minimum absolute atomic E-state index is 0.116. The van der Waals surface area contributed by atoms with Crippen molar-refractivity contribution in [2.75, 3.05) is 17.1 Å². The molecule has 1 fully saturated rings. The molecule has 0 aliphatic heterocycles. The van der Waals surface area contributed by atoms with Crippen molar-refractivity contribution in [2.45, 2.75) is 64.6 Å². The number of nitrogens with zero attached hydrogens (tertiary/aromatic N) is 2. The highest BCUT2D eigenvalue weighted by Crippen LogP contribution is 2.22. The van der Waals surface area contributed by atoms with Crippen LogP contribution in [0.15, 0.2) is 53.0 Å². The molecule has 0 aromatic heterocycles. The topological polar surface area (TPSA) is 86.8 Å². The molecule has 0 unspecified atom stereocenters. The van der Waals surface area contributed by atoms with Gasteiger partial charge < -0.3 is 10.2 Å². The van der Waals surface area contributed by atoms with Crippen LogP contribution in [0.5, 0.6) is 0 Å². The quantitative estimate of drug-likeness (QED) is 0.490. The number of nitrogens with one attached hydrogen (secondary N) is 1. The molecule has 1 N–H and O–H groups in total. The van der Waals surface area contributed by atoms with Gasteiger partial charge in [0, 0.05) is 17.1 Å². The molecule has 1 aliphatic carbocycles. The lowest BCUT2D eigenvalue weighted by molar-refractivity contribution is -0.139. The second kappa shape index (κ2) is 12.0. The standard InChI is InChI=1S/C26H34BrN3O4S/c1-19-9-11-21(12-10-19)17-29(20(2)26(32)28-23-7-5-4-6-8-23)25(31)18-30(35(3,33)34)24-15-13-22(27)14-16-24/h9-16,20,23H,4-8,17-18H2,1-3H3,(H,28,32)/t20-/m1/s1. The predicted octanol–water partition coefficient (Wildman–Crippen LogP) is 4.39. The largest absolute Gasteiger partial charge is 0.352 e. The SMILES string of the molecule is Cc1ccc(CN(C(=O)CN(c2ccc(Br)cc2)S(C)(=O)=O)[C@H](C)C(=O)NC2CCCCC2)cc1. The summed E-state index contributed by atoms with van der Waals surface area (Å²) in [6, 6.07) is 13.8. The van der Waals surface area contributed by atoms with E-state index in [1.807, 2.05) is 31.2 Å². The second-order valence-electron chi connectivity index (χ2n) is 9.27. The molecule has 0 saturated heterocycles. The molecule has 2 amide bonds. The fourth-order valence-electron chi connectivity index (χ4n) is 4.26. The van der Waals surface area contributed by atoms with Gasteiger partial charge in [0.2, 0.25) is 21.8 Å². The fourth-order valence-corrected chi connectivity index (χ4v) is 5.38. The van der Waals surface area contributed by atoms with Crippen molar-refractivity contribution < 1.29 is 18.0 Å². The molecule has 0 radical (unpaired) electrons. The van der Waals surface area contributed by atoms with Gasteiger partial charge in [0.25, 0.3) is 0 Å². The Bertz CT molecular complexity index is 1110. The van der Waals surface area contributed by atoms with Crippen LogP contribution in [0, 0.1) is 6.92 Å². The average molecular weight is 565 g/mol. The summed E-state index contributed by atoms with van der Waals surface area (Å²) in [7, 11) is -3.74. The molecule has 0 spiro atoms. The molecule has 1 aliphatic rings. The van der Waals surface area contributed by atoms with E-state index in [-0.39, 0.29) is 18.5 Å². The lowest BCUT2D eigenvalue weighted by Crippen LogP contribution is -2.52. The van der Waals surface area contributed by atoms with Gasteiger partial charge in [0.15, 0.2) is 0 Å². The summed E-state index contributed by atoms with van der Waals surface area (Å²) < 4.78 is 27.1. The van der Waals surface area contributed by atoms with Crippen LogP contribution in [0.25, 0.3) is 0 Å². The number of anilines is 1. The molecule has 9 heteroatoms. The normalized spacial score (nSPS) is 15.3. The van der Waals surface area contributed by atoms with Crippen LogP contribution in [0.3, 0.4) is 0 Å². The van der Waals surface area contributed by atoms with Crippen molar-refractivity contribution >= 4 is 43.5 Å². The van der Waals surface area contributed by atoms with Gasteiger partial charge in [-0.05, 0) is 56.5 Å². The van der Waals surface area contributed by atoms with E-state index in [2.05, 4.69) is 21.2 Å². The number of carbonyl (C=O) groups excluding carboxylic acids is 2. The van der Waals surface area contributed by atoms with E-state index < -0.39 is 28.5 Å². The fraction of sp³-hybridized carbons (Fsp3) is 0.462. The van der Waals surface area contributed by atoms with Crippen molar-refractivity contribution in [1.82, 2.24) is 10.2 Å². The maximum atomic E-state index is 13.6. The van der Waals surface area contributed by atoms with Crippen LogP contribution in [-0.4, -0.2) is 50.0 Å². The van der Waals surface area contributed by atoms with Gasteiger partial charge in [-0.15, -0.1) is 0 Å². The first-order valence-corrected chi connectivity index (χ1v) is 14.6. The van der Waals surface area contributed by atoms with E-state index in [1.54, 1.807) is 31.2 Å². The Balaban J connectivity index is 1.85. The minimum atomic E-state index is -3.74. The van der Waals surface area contributed by atoms with Crippen LogP contribution < -0.4 is 9.62 Å². The molecule has 35 heavy (non-hydrogen) atoms. The molecule has 1 saturated carbocycles. The van der Waals surface area contributed by atoms with Gasteiger partial charge in [0.05, 0.1) is 11.9 Å². The third-order valence-corrected chi connectivity index (χ3v) is 8.06. The van der Waals surface area contributed by atoms with Crippen LogP contribution in [0.1, 0.15) is 50.2 Å². The van der Waals surface area contributed by atoms with Gasteiger partial charge in [-0.3, -0.25) is 13.9 Å². The lowest BCUT2D eigenvalue weighted by atomic mass is 9.95. The molecule has 0 bridgehead atoms. The van der Waals surface area contributed by atoms with Crippen molar-refractivity contribution in [2.24, 2.45) is 0 Å². The Hall–Kier alpha value is -2.39. The van der Waals surface area contributed by atoms with Gasteiger partial charge in [-0.1, -0.05) is 65.0 Å². The molecule has 3 rings (SSSR count). The Kier molecular flexibility index (Phi) is 9.35. The van der Waals surface area contributed by atoms with Crippen molar-refractivity contribution in [3.63, 3.8) is 0 Å². The van der Waals surface area contributed by atoms with Crippen LogP contribution in [0.4, 0.5) is 5.69 Å². The highest BCUT2D eigenvalue weighted by Gasteiger charge is 2.31. The van der Waals surface area contributed by atoms with E-state index in [1.165, 1.54) is 11.3 Å². The number of hydrogen-bond acceptors (Lipinski definition) is 4. The maximum absolute atomic E-state index is 13.6. The van der Waals surface area contributed by atoms with E-state index >= 15 is 0 Å². The zero-order valence-electron chi connectivity index (χ0n) is 20.5. The number of sulfonamides is 1. The summed E-state index contributed by atoms with van der Waals surface area (Å²) in [4.78, 5) is 28.2. The molecule has 1 atom stereocenters. The summed E-state index contributed by atoms with van der Waals surface area (Å²) in [5.74, 6) is -0.655. The second-order valence-corrected chi connectivity index (χ2v) is 12.1. The number of rotatable bonds is 9. The Morgan fingerprint density at radius 3 is 2.20 bits per heavy atom. The summed E-state index contributed by atoms with van der Waals surface area (Å²) in [5.41, 5.74) is 2.35. The molecule has 7 nitrogen and oxygen atoms in total. The summed E-state index contributed by atoms with van der Waals surface area (Å²) >= 11 is 3.35. The van der Waals surface area contributed by atoms with Gasteiger partial charge >= 0.3 is 0 Å². The van der Waals surface area contributed by atoms with E-state index in [9.17, 15) is 18.0 Å². The van der Waals surface area contributed by atoms with Crippen LogP contribution in [-0.2, 0) is 26.2 Å². The third-order valence-electron chi connectivity index (χ3n) is 6.39. The number of hydrogen-bond donors (Lipinski definition) is 1. The average Bonchev–Trinajstić information content (AvgIpc) is 2.82. The van der Waals surface area contributed by atoms with E-state index in [4.69, 9.17) is 0 Å². The number of halogens is 1. The minimum Gasteiger partial charge on any atom is -0.352 e. The number of amides is 2. The van der Waals surface area contributed by atoms with Gasteiger partial charge in [-0.2, -0.15) is 0 Å². The van der Waals surface area contributed by atoms with Crippen molar-refractivity contribution in [3.8, 4) is 0 Å². The van der Waals surface area contributed by atoms with E-state index in [0.717, 1.165) is 51.8 Å². The van der Waals surface area contributed by atoms with Crippen molar-refractivity contribution in [1.29, 1.82) is 0 Å². The highest BCUT2D eigenvalue weighted by molar-refractivity contribution is 9.10. The number of aryl methyl sites for hydroxylation is 1. The predicted molar refractivity (Wildman–Crippen MR) is 143 cm³/mol. The monoisotopic (exact) mass is 563 g/mol.